The molecule has 0 N–H and O–H groups in total. The SMILES string of the molecule is CCOC(=O)CCc1csc(N(C)CC(C)(C)C)n1. The lowest BCUT2D eigenvalue weighted by molar-refractivity contribution is -0.143. The molecule has 0 aliphatic rings. The van der Waals surface area contributed by atoms with E-state index in [0.29, 0.717) is 19.4 Å². The molecule has 0 bridgehead atoms. The number of hydrogen-bond donors (Lipinski definition) is 0. The predicted octanol–water partition coefficient (Wildman–Crippen LogP) is 3.12. The van der Waals surface area contributed by atoms with E-state index in [0.717, 1.165) is 17.4 Å². The number of aryl methyl sites for hydroxylation is 1. The van der Waals surface area contributed by atoms with E-state index >= 15 is 0 Å². The van der Waals surface area contributed by atoms with Crippen molar-refractivity contribution in [3.8, 4) is 0 Å². The van der Waals surface area contributed by atoms with E-state index in [1.165, 1.54) is 0 Å². The first kappa shape index (κ1) is 16.0. The smallest absolute Gasteiger partial charge is 0.306 e. The van der Waals surface area contributed by atoms with Crippen LogP contribution in [0.5, 0.6) is 0 Å². The summed E-state index contributed by atoms with van der Waals surface area (Å²) in [5.74, 6) is -0.153. The summed E-state index contributed by atoms with van der Waals surface area (Å²) in [6.45, 7) is 9.84. The summed E-state index contributed by atoms with van der Waals surface area (Å²) >= 11 is 1.63. The molecule has 1 rings (SSSR count). The van der Waals surface area contributed by atoms with Crippen LogP contribution in [-0.4, -0.2) is 31.2 Å². The molecular weight excluding hydrogens is 260 g/mol. The third-order valence-electron chi connectivity index (χ3n) is 2.47. The van der Waals surface area contributed by atoms with Crippen LogP contribution in [0.25, 0.3) is 0 Å². The quantitative estimate of drug-likeness (QED) is 0.753. The highest BCUT2D eigenvalue weighted by Gasteiger charge is 2.16. The highest BCUT2D eigenvalue weighted by atomic mass is 32.1. The second-order valence-corrected chi connectivity index (χ2v) is 6.68. The van der Waals surface area contributed by atoms with Crippen molar-refractivity contribution in [1.82, 2.24) is 4.98 Å². The molecule has 0 saturated heterocycles. The lowest BCUT2D eigenvalue weighted by Crippen LogP contribution is -2.28. The minimum atomic E-state index is -0.153. The van der Waals surface area contributed by atoms with Crippen LogP contribution in [0.15, 0.2) is 5.38 Å². The molecule has 0 atom stereocenters. The summed E-state index contributed by atoms with van der Waals surface area (Å²) < 4.78 is 4.91. The van der Waals surface area contributed by atoms with Gasteiger partial charge in [0.1, 0.15) is 0 Å². The summed E-state index contributed by atoms with van der Waals surface area (Å²) in [6.07, 6.45) is 1.05. The molecule has 19 heavy (non-hydrogen) atoms. The van der Waals surface area contributed by atoms with Gasteiger partial charge in [-0.15, -0.1) is 11.3 Å². The van der Waals surface area contributed by atoms with Crippen LogP contribution in [0.4, 0.5) is 5.13 Å². The minimum Gasteiger partial charge on any atom is -0.466 e. The molecule has 1 aromatic rings. The first-order valence-corrected chi connectivity index (χ1v) is 7.51. The van der Waals surface area contributed by atoms with E-state index in [2.05, 4.69) is 37.7 Å². The summed E-state index contributed by atoms with van der Waals surface area (Å²) in [5, 5.41) is 3.03. The van der Waals surface area contributed by atoms with Gasteiger partial charge < -0.3 is 9.64 Å². The molecule has 0 spiro atoms. The summed E-state index contributed by atoms with van der Waals surface area (Å²) in [5.41, 5.74) is 1.21. The van der Waals surface area contributed by atoms with Gasteiger partial charge in [-0.1, -0.05) is 20.8 Å². The van der Waals surface area contributed by atoms with E-state index < -0.39 is 0 Å². The van der Waals surface area contributed by atoms with E-state index in [1.807, 2.05) is 12.3 Å². The summed E-state index contributed by atoms with van der Waals surface area (Å²) in [4.78, 5) is 18.0. The monoisotopic (exact) mass is 284 g/mol. The lowest BCUT2D eigenvalue weighted by atomic mass is 9.96. The number of carbonyl (C=O) groups excluding carboxylic acids is 1. The number of ether oxygens (including phenoxy) is 1. The molecule has 0 fully saturated rings. The Morgan fingerprint density at radius 2 is 2.16 bits per heavy atom. The first-order chi connectivity index (χ1) is 8.81. The predicted molar refractivity (Wildman–Crippen MR) is 79.8 cm³/mol. The number of thiazole rings is 1. The van der Waals surface area contributed by atoms with Gasteiger partial charge >= 0.3 is 5.97 Å². The molecule has 0 aromatic carbocycles. The zero-order valence-electron chi connectivity index (χ0n) is 12.5. The van der Waals surface area contributed by atoms with Crippen molar-refractivity contribution >= 4 is 22.4 Å². The summed E-state index contributed by atoms with van der Waals surface area (Å²) in [6, 6.07) is 0. The Labute approximate surface area is 119 Å². The molecule has 0 aliphatic carbocycles. The second kappa shape index (κ2) is 6.89. The fourth-order valence-corrected chi connectivity index (χ4v) is 2.66. The van der Waals surface area contributed by atoms with Crippen LogP contribution in [0.1, 0.15) is 39.8 Å². The Balaban J connectivity index is 2.50. The van der Waals surface area contributed by atoms with Crippen LogP contribution < -0.4 is 4.90 Å². The maximum absolute atomic E-state index is 11.3. The first-order valence-electron chi connectivity index (χ1n) is 6.63. The summed E-state index contributed by atoms with van der Waals surface area (Å²) in [7, 11) is 2.05. The van der Waals surface area contributed by atoms with Crippen LogP contribution >= 0.6 is 11.3 Å². The second-order valence-electron chi connectivity index (χ2n) is 5.84. The van der Waals surface area contributed by atoms with Gasteiger partial charge in [0.05, 0.1) is 18.7 Å². The normalized spacial score (nSPS) is 11.4. The molecular formula is C14H24N2O2S. The molecule has 0 saturated carbocycles. The molecule has 1 heterocycles. The van der Waals surface area contributed by atoms with Crippen LogP contribution in [0.2, 0.25) is 0 Å². The van der Waals surface area contributed by atoms with Crippen LogP contribution in [0, 0.1) is 5.41 Å². The van der Waals surface area contributed by atoms with E-state index in [9.17, 15) is 4.79 Å². The maximum atomic E-state index is 11.3. The van der Waals surface area contributed by atoms with E-state index in [1.54, 1.807) is 11.3 Å². The van der Waals surface area contributed by atoms with Gasteiger partial charge in [-0.05, 0) is 12.3 Å². The highest BCUT2D eigenvalue weighted by Crippen LogP contribution is 2.24. The zero-order valence-corrected chi connectivity index (χ0v) is 13.3. The molecule has 0 aliphatic heterocycles. The van der Waals surface area contributed by atoms with Crippen LogP contribution in [0.3, 0.4) is 0 Å². The van der Waals surface area contributed by atoms with Crippen molar-refractivity contribution in [2.45, 2.75) is 40.5 Å². The third-order valence-corrected chi connectivity index (χ3v) is 3.47. The number of rotatable bonds is 6. The van der Waals surface area contributed by atoms with Crippen molar-refractivity contribution in [3.05, 3.63) is 11.1 Å². The zero-order chi connectivity index (χ0) is 14.5. The number of carbonyl (C=O) groups is 1. The maximum Gasteiger partial charge on any atom is 0.306 e. The fourth-order valence-electron chi connectivity index (χ4n) is 1.83. The van der Waals surface area contributed by atoms with Crippen molar-refractivity contribution in [3.63, 3.8) is 0 Å². The number of esters is 1. The molecule has 1 aromatic heterocycles. The van der Waals surface area contributed by atoms with Gasteiger partial charge in [-0.3, -0.25) is 4.79 Å². The average molecular weight is 284 g/mol. The Hall–Kier alpha value is -1.10. The molecule has 0 amide bonds. The van der Waals surface area contributed by atoms with Crippen LogP contribution in [-0.2, 0) is 16.0 Å². The fraction of sp³-hybridized carbons (Fsp3) is 0.714. The number of anilines is 1. The minimum absolute atomic E-state index is 0.153. The number of hydrogen-bond acceptors (Lipinski definition) is 5. The molecule has 0 radical (unpaired) electrons. The van der Waals surface area contributed by atoms with Crippen molar-refractivity contribution in [1.29, 1.82) is 0 Å². The van der Waals surface area contributed by atoms with Crippen molar-refractivity contribution < 1.29 is 9.53 Å². The lowest BCUT2D eigenvalue weighted by Gasteiger charge is -2.26. The largest absolute Gasteiger partial charge is 0.466 e. The Kier molecular flexibility index (Phi) is 5.79. The van der Waals surface area contributed by atoms with Gasteiger partial charge in [0.15, 0.2) is 5.13 Å². The standard InChI is InChI=1S/C14H24N2O2S/c1-6-18-12(17)8-7-11-9-19-13(15-11)16(5)10-14(2,3)4/h9H,6-8,10H2,1-5H3. The average Bonchev–Trinajstić information content (AvgIpc) is 2.73. The topological polar surface area (TPSA) is 42.4 Å². The number of aromatic nitrogens is 1. The Morgan fingerprint density at radius 3 is 2.74 bits per heavy atom. The molecule has 108 valence electrons. The van der Waals surface area contributed by atoms with Crippen molar-refractivity contribution in [2.75, 3.05) is 25.1 Å². The van der Waals surface area contributed by atoms with Gasteiger partial charge in [0.25, 0.3) is 0 Å². The molecule has 4 nitrogen and oxygen atoms in total. The van der Waals surface area contributed by atoms with E-state index in [-0.39, 0.29) is 11.4 Å². The Morgan fingerprint density at radius 1 is 1.47 bits per heavy atom. The highest BCUT2D eigenvalue weighted by molar-refractivity contribution is 7.13. The molecule has 5 heteroatoms. The number of nitrogens with zero attached hydrogens (tertiary/aromatic N) is 2. The van der Waals surface area contributed by atoms with Gasteiger partial charge in [0, 0.05) is 25.4 Å². The van der Waals surface area contributed by atoms with Gasteiger partial charge in [-0.2, -0.15) is 0 Å². The van der Waals surface area contributed by atoms with Gasteiger partial charge in [0.2, 0.25) is 0 Å². The Bertz CT molecular complexity index is 410. The molecule has 0 unspecified atom stereocenters. The third kappa shape index (κ3) is 6.05. The van der Waals surface area contributed by atoms with Gasteiger partial charge in [-0.25, -0.2) is 4.98 Å². The van der Waals surface area contributed by atoms with E-state index in [4.69, 9.17) is 4.74 Å². The van der Waals surface area contributed by atoms with Crippen molar-refractivity contribution in [2.24, 2.45) is 5.41 Å².